The first kappa shape index (κ1) is 19.3. The third kappa shape index (κ3) is 5.04. The number of aromatic nitrogens is 2. The van der Waals surface area contributed by atoms with Gasteiger partial charge in [0.1, 0.15) is 5.82 Å². The summed E-state index contributed by atoms with van der Waals surface area (Å²) in [5.41, 5.74) is 8.02. The van der Waals surface area contributed by atoms with Crippen molar-refractivity contribution < 1.29 is 4.79 Å². The van der Waals surface area contributed by atoms with Gasteiger partial charge in [-0.25, -0.2) is 4.98 Å². The molecule has 1 aromatic heterocycles. The molecule has 6 heteroatoms. The molecule has 1 fully saturated rings. The van der Waals surface area contributed by atoms with E-state index in [0.29, 0.717) is 18.3 Å². The van der Waals surface area contributed by atoms with Gasteiger partial charge < -0.3 is 5.73 Å². The van der Waals surface area contributed by atoms with Crippen LogP contribution in [0.4, 0.5) is 11.8 Å². The average Bonchev–Trinajstić information content (AvgIpc) is 2.65. The Hall–Kier alpha value is -2.47. The molecule has 0 bridgehead atoms. The van der Waals surface area contributed by atoms with Crippen molar-refractivity contribution in [3.05, 3.63) is 47.7 Å². The summed E-state index contributed by atoms with van der Waals surface area (Å²) in [4.78, 5) is 24.5. The van der Waals surface area contributed by atoms with Gasteiger partial charge in [-0.05, 0) is 31.4 Å². The predicted molar refractivity (Wildman–Crippen MR) is 108 cm³/mol. The van der Waals surface area contributed by atoms with Crippen molar-refractivity contribution in [3.8, 4) is 0 Å². The number of amides is 1. The lowest BCUT2D eigenvalue weighted by molar-refractivity contribution is -0.108. The second kappa shape index (κ2) is 8.95. The average molecular weight is 367 g/mol. The molecule has 3 rings (SSSR count). The number of hydrogen-bond donors (Lipinski definition) is 1. The molecule has 0 radical (unpaired) electrons. The van der Waals surface area contributed by atoms with Crippen LogP contribution in [0.1, 0.15) is 43.7 Å². The van der Waals surface area contributed by atoms with Gasteiger partial charge in [-0.3, -0.25) is 14.6 Å². The van der Waals surface area contributed by atoms with Gasteiger partial charge in [0.25, 0.3) is 0 Å². The van der Waals surface area contributed by atoms with Gasteiger partial charge in [-0.1, -0.05) is 50.1 Å². The number of nitrogens with zero attached hydrogens (tertiary/aromatic N) is 4. The lowest BCUT2D eigenvalue weighted by Crippen LogP contribution is -2.39. The zero-order valence-electron chi connectivity index (χ0n) is 16.2. The van der Waals surface area contributed by atoms with E-state index in [-0.39, 0.29) is 12.0 Å². The van der Waals surface area contributed by atoms with Crippen LogP contribution in [0.25, 0.3) is 0 Å². The number of rotatable bonds is 7. The highest BCUT2D eigenvalue weighted by atomic mass is 16.1. The van der Waals surface area contributed by atoms with Crippen molar-refractivity contribution in [1.82, 2.24) is 14.9 Å². The molecule has 2 N–H and O–H groups in total. The van der Waals surface area contributed by atoms with Crippen molar-refractivity contribution in [2.24, 2.45) is 5.92 Å². The number of carbonyl (C=O) groups is 1. The number of carbonyl (C=O) groups excluding carboxylic acids is 1. The summed E-state index contributed by atoms with van der Waals surface area (Å²) in [6.45, 7) is 3.71. The molecule has 2 unspecified atom stereocenters. The molecule has 2 aromatic rings. The maximum Gasteiger partial charge on any atom is 0.221 e. The van der Waals surface area contributed by atoms with Gasteiger partial charge >= 0.3 is 0 Å². The van der Waals surface area contributed by atoms with E-state index in [2.05, 4.69) is 41.0 Å². The number of benzene rings is 1. The van der Waals surface area contributed by atoms with Crippen molar-refractivity contribution in [3.63, 3.8) is 0 Å². The van der Waals surface area contributed by atoms with Crippen molar-refractivity contribution in [1.29, 1.82) is 0 Å². The van der Waals surface area contributed by atoms with Crippen LogP contribution in [-0.2, 0) is 17.9 Å². The van der Waals surface area contributed by atoms with E-state index >= 15 is 0 Å². The molecule has 0 saturated heterocycles. The molecule has 0 spiro atoms. The van der Waals surface area contributed by atoms with E-state index in [1.54, 1.807) is 11.1 Å². The van der Waals surface area contributed by atoms with E-state index in [1.807, 2.05) is 18.2 Å². The largest absolute Gasteiger partial charge is 0.368 e. The Morgan fingerprint density at radius 1 is 1.22 bits per heavy atom. The second-order valence-corrected chi connectivity index (χ2v) is 7.67. The maximum absolute atomic E-state index is 12.0. The molecule has 1 heterocycles. The molecule has 1 aromatic carbocycles. The van der Waals surface area contributed by atoms with Gasteiger partial charge in [0.15, 0.2) is 0 Å². The molecule has 1 aliphatic carbocycles. The Kier molecular flexibility index (Phi) is 6.40. The molecule has 1 amide bonds. The molecule has 6 nitrogen and oxygen atoms in total. The SMILES string of the molecule is CC1CCCC(N(C=O)c2nc(N)ncc2CN(C)Cc2ccccc2)C1. The summed E-state index contributed by atoms with van der Waals surface area (Å²) in [5, 5.41) is 0. The minimum atomic E-state index is 0.179. The number of anilines is 2. The summed E-state index contributed by atoms with van der Waals surface area (Å²) < 4.78 is 0. The first-order valence-corrected chi connectivity index (χ1v) is 9.64. The van der Waals surface area contributed by atoms with Crippen LogP contribution >= 0.6 is 0 Å². The van der Waals surface area contributed by atoms with E-state index < -0.39 is 0 Å². The standard InChI is InChI=1S/C21H29N5O/c1-16-7-6-10-19(11-16)26(15-27)20-18(12-23-21(22)24-20)14-25(2)13-17-8-4-3-5-9-17/h3-5,8-9,12,15-16,19H,6-7,10-11,13-14H2,1-2H3,(H2,22,23,24). The van der Waals surface area contributed by atoms with Crippen LogP contribution in [-0.4, -0.2) is 34.4 Å². The Bertz CT molecular complexity index is 751. The quantitative estimate of drug-likeness (QED) is 0.761. The van der Waals surface area contributed by atoms with Crippen molar-refractivity contribution >= 4 is 18.2 Å². The molecule has 2 atom stereocenters. The van der Waals surface area contributed by atoms with Crippen LogP contribution in [0.3, 0.4) is 0 Å². The summed E-state index contributed by atoms with van der Waals surface area (Å²) >= 11 is 0. The van der Waals surface area contributed by atoms with Crippen LogP contribution in [0.2, 0.25) is 0 Å². The fraction of sp³-hybridized carbons (Fsp3) is 0.476. The van der Waals surface area contributed by atoms with E-state index in [1.165, 1.54) is 12.0 Å². The van der Waals surface area contributed by atoms with E-state index in [0.717, 1.165) is 37.8 Å². The van der Waals surface area contributed by atoms with Crippen LogP contribution in [0.15, 0.2) is 36.5 Å². The van der Waals surface area contributed by atoms with Crippen LogP contribution < -0.4 is 10.6 Å². The second-order valence-electron chi connectivity index (χ2n) is 7.67. The lowest BCUT2D eigenvalue weighted by atomic mass is 9.86. The van der Waals surface area contributed by atoms with Gasteiger partial charge in [0, 0.05) is 30.9 Å². The Morgan fingerprint density at radius 2 is 2.00 bits per heavy atom. The van der Waals surface area contributed by atoms with Crippen LogP contribution in [0, 0.1) is 5.92 Å². The van der Waals surface area contributed by atoms with Gasteiger partial charge in [-0.2, -0.15) is 4.98 Å². The molecule has 0 aliphatic heterocycles. The first-order valence-electron chi connectivity index (χ1n) is 9.64. The first-order chi connectivity index (χ1) is 13.1. The number of hydrogen-bond acceptors (Lipinski definition) is 5. The summed E-state index contributed by atoms with van der Waals surface area (Å²) in [6, 6.07) is 10.5. The number of nitrogen functional groups attached to an aromatic ring is 1. The minimum Gasteiger partial charge on any atom is -0.368 e. The molecular weight excluding hydrogens is 338 g/mol. The third-order valence-electron chi connectivity index (χ3n) is 5.26. The summed E-state index contributed by atoms with van der Waals surface area (Å²) in [6.07, 6.45) is 7.03. The van der Waals surface area contributed by atoms with Gasteiger partial charge in [0.05, 0.1) is 0 Å². The number of nitrogens with two attached hydrogens (primary N) is 1. The monoisotopic (exact) mass is 367 g/mol. The summed E-state index contributed by atoms with van der Waals surface area (Å²) in [5.74, 6) is 1.47. The fourth-order valence-corrected chi connectivity index (χ4v) is 3.95. The van der Waals surface area contributed by atoms with Crippen molar-refractivity contribution in [2.75, 3.05) is 17.7 Å². The summed E-state index contributed by atoms with van der Waals surface area (Å²) in [7, 11) is 2.06. The van der Waals surface area contributed by atoms with Crippen LogP contribution in [0.5, 0.6) is 0 Å². The van der Waals surface area contributed by atoms with E-state index in [4.69, 9.17) is 5.73 Å². The zero-order valence-corrected chi connectivity index (χ0v) is 16.2. The highest BCUT2D eigenvalue weighted by Crippen LogP contribution is 2.31. The fourth-order valence-electron chi connectivity index (χ4n) is 3.95. The van der Waals surface area contributed by atoms with E-state index in [9.17, 15) is 4.79 Å². The maximum atomic E-state index is 12.0. The van der Waals surface area contributed by atoms with Gasteiger partial charge in [-0.15, -0.1) is 0 Å². The normalized spacial score (nSPS) is 19.8. The Labute approximate surface area is 161 Å². The van der Waals surface area contributed by atoms with Crippen molar-refractivity contribution in [2.45, 2.75) is 51.7 Å². The lowest BCUT2D eigenvalue weighted by Gasteiger charge is -2.34. The Balaban J connectivity index is 1.80. The molecular formula is C21H29N5O. The Morgan fingerprint density at radius 3 is 2.70 bits per heavy atom. The predicted octanol–water partition coefficient (Wildman–Crippen LogP) is 3.23. The molecule has 144 valence electrons. The zero-order chi connectivity index (χ0) is 19.2. The topological polar surface area (TPSA) is 75.3 Å². The third-order valence-corrected chi connectivity index (χ3v) is 5.26. The molecule has 1 saturated carbocycles. The molecule has 27 heavy (non-hydrogen) atoms. The van der Waals surface area contributed by atoms with Gasteiger partial charge in [0.2, 0.25) is 12.4 Å². The molecule has 1 aliphatic rings. The minimum absolute atomic E-state index is 0.179. The highest BCUT2D eigenvalue weighted by Gasteiger charge is 2.27. The highest BCUT2D eigenvalue weighted by molar-refractivity contribution is 5.76. The smallest absolute Gasteiger partial charge is 0.221 e.